The Morgan fingerprint density at radius 1 is 1.67 bits per heavy atom. The molecule has 0 amide bonds. The Hall–Kier alpha value is 0.01000. The molecular formula is C9H18O2S. The lowest BCUT2D eigenvalue weighted by atomic mass is 10.1. The number of hydrogen-bond donors (Lipinski definition) is 1. The first kappa shape index (κ1) is 12.0. The fourth-order valence-electron chi connectivity index (χ4n) is 1.05. The van der Waals surface area contributed by atoms with Crippen molar-refractivity contribution in [2.24, 2.45) is 5.92 Å². The highest BCUT2D eigenvalue weighted by molar-refractivity contribution is 7.94. The second-order valence-corrected chi connectivity index (χ2v) is 3.54. The second-order valence-electron chi connectivity index (χ2n) is 2.86. The fourth-order valence-corrected chi connectivity index (χ4v) is 1.54. The predicted octanol–water partition coefficient (Wildman–Crippen LogP) is 3.16. The van der Waals surface area contributed by atoms with Crippen LogP contribution in [0.5, 0.6) is 0 Å². The lowest BCUT2D eigenvalue weighted by molar-refractivity contribution is 0.0934. The molecule has 0 aromatic carbocycles. The van der Waals surface area contributed by atoms with Crippen LogP contribution < -0.4 is 0 Å². The van der Waals surface area contributed by atoms with Crippen LogP contribution in [0.4, 0.5) is 0 Å². The summed E-state index contributed by atoms with van der Waals surface area (Å²) in [4.78, 5) is 0. The zero-order valence-corrected chi connectivity index (χ0v) is 8.64. The van der Waals surface area contributed by atoms with E-state index in [4.69, 9.17) is 9.29 Å². The zero-order chi connectivity index (χ0) is 9.40. The molecule has 0 aliphatic heterocycles. The lowest BCUT2D eigenvalue weighted by Gasteiger charge is -2.19. The zero-order valence-electron chi connectivity index (χ0n) is 7.82. The molecule has 0 heterocycles. The summed E-state index contributed by atoms with van der Waals surface area (Å²) in [7, 11) is 0. The standard InChI is InChI=1S/C9H18O2S/c1-4-6-8(3)9(12-10)11-7-5-2/h5,8-10H,2,4,6-7H2,1,3H3. The molecular weight excluding hydrogens is 172 g/mol. The summed E-state index contributed by atoms with van der Waals surface area (Å²) in [6.07, 6.45) is 3.90. The first-order chi connectivity index (χ1) is 5.76. The molecule has 2 nitrogen and oxygen atoms in total. The van der Waals surface area contributed by atoms with Gasteiger partial charge in [0.2, 0.25) is 0 Å². The van der Waals surface area contributed by atoms with Crippen molar-refractivity contribution in [1.82, 2.24) is 0 Å². The summed E-state index contributed by atoms with van der Waals surface area (Å²) in [5, 5.41) is 0. The third kappa shape index (κ3) is 4.80. The maximum absolute atomic E-state index is 8.91. The van der Waals surface area contributed by atoms with E-state index < -0.39 is 0 Å². The van der Waals surface area contributed by atoms with Crippen LogP contribution in [0.3, 0.4) is 0 Å². The Morgan fingerprint density at radius 3 is 2.75 bits per heavy atom. The molecule has 0 spiro atoms. The molecule has 3 heteroatoms. The minimum absolute atomic E-state index is 0.108. The lowest BCUT2D eigenvalue weighted by Crippen LogP contribution is -2.18. The van der Waals surface area contributed by atoms with E-state index in [-0.39, 0.29) is 5.44 Å². The van der Waals surface area contributed by atoms with E-state index in [2.05, 4.69) is 20.4 Å². The number of ether oxygens (including phenoxy) is 1. The fraction of sp³-hybridized carbons (Fsp3) is 0.778. The van der Waals surface area contributed by atoms with Gasteiger partial charge in [0.15, 0.2) is 0 Å². The van der Waals surface area contributed by atoms with Crippen molar-refractivity contribution >= 4 is 12.0 Å². The van der Waals surface area contributed by atoms with Crippen molar-refractivity contribution in [3.05, 3.63) is 12.7 Å². The molecule has 0 radical (unpaired) electrons. The SMILES string of the molecule is C=CCOC(SO)C(C)CCC. The van der Waals surface area contributed by atoms with Crippen LogP contribution in [0.1, 0.15) is 26.7 Å². The van der Waals surface area contributed by atoms with Gasteiger partial charge in [-0.25, -0.2) is 0 Å². The van der Waals surface area contributed by atoms with Crippen LogP contribution in [0.15, 0.2) is 12.7 Å². The molecule has 0 aliphatic rings. The van der Waals surface area contributed by atoms with Crippen molar-refractivity contribution in [2.75, 3.05) is 6.61 Å². The smallest absolute Gasteiger partial charge is 0.131 e. The van der Waals surface area contributed by atoms with Crippen LogP contribution in [-0.4, -0.2) is 16.6 Å². The van der Waals surface area contributed by atoms with Crippen LogP contribution in [0, 0.1) is 5.92 Å². The normalized spacial score (nSPS) is 15.6. The second kappa shape index (κ2) is 7.65. The molecule has 0 fully saturated rings. The third-order valence-electron chi connectivity index (χ3n) is 1.69. The average Bonchev–Trinajstić information content (AvgIpc) is 2.06. The van der Waals surface area contributed by atoms with E-state index in [9.17, 15) is 0 Å². The maximum atomic E-state index is 8.91. The van der Waals surface area contributed by atoms with Crippen molar-refractivity contribution in [3.8, 4) is 0 Å². The average molecular weight is 190 g/mol. The highest BCUT2D eigenvalue weighted by atomic mass is 32.2. The van der Waals surface area contributed by atoms with Gasteiger partial charge < -0.3 is 9.29 Å². The Balaban J connectivity index is 3.69. The highest BCUT2D eigenvalue weighted by Gasteiger charge is 2.16. The summed E-state index contributed by atoms with van der Waals surface area (Å²) >= 11 is 0.788. The summed E-state index contributed by atoms with van der Waals surface area (Å²) in [5.74, 6) is 0.393. The van der Waals surface area contributed by atoms with Crippen LogP contribution in [0.25, 0.3) is 0 Å². The summed E-state index contributed by atoms with van der Waals surface area (Å²) < 4.78 is 14.3. The van der Waals surface area contributed by atoms with E-state index in [1.165, 1.54) is 0 Å². The molecule has 2 atom stereocenters. The van der Waals surface area contributed by atoms with Crippen LogP contribution >= 0.6 is 12.0 Å². The minimum Gasteiger partial charge on any atom is -0.361 e. The van der Waals surface area contributed by atoms with Gasteiger partial charge in [-0.3, -0.25) is 0 Å². The summed E-state index contributed by atoms with van der Waals surface area (Å²) in [5.41, 5.74) is -0.108. The largest absolute Gasteiger partial charge is 0.361 e. The molecule has 1 N–H and O–H groups in total. The number of rotatable bonds is 7. The first-order valence-corrected chi connectivity index (χ1v) is 5.12. The Kier molecular flexibility index (Phi) is 7.65. The van der Waals surface area contributed by atoms with Crippen molar-refractivity contribution in [3.63, 3.8) is 0 Å². The summed E-state index contributed by atoms with van der Waals surface area (Å²) in [6, 6.07) is 0. The van der Waals surface area contributed by atoms with Gasteiger partial charge in [0, 0.05) is 12.0 Å². The molecule has 0 rings (SSSR count). The van der Waals surface area contributed by atoms with Gasteiger partial charge in [-0.2, -0.15) is 0 Å². The maximum Gasteiger partial charge on any atom is 0.131 e. The van der Waals surface area contributed by atoms with Gasteiger partial charge in [-0.15, -0.1) is 6.58 Å². The predicted molar refractivity (Wildman–Crippen MR) is 54.2 cm³/mol. The number of hydrogen-bond acceptors (Lipinski definition) is 3. The van der Waals surface area contributed by atoms with Gasteiger partial charge in [-0.1, -0.05) is 26.3 Å². The van der Waals surface area contributed by atoms with E-state index in [1.54, 1.807) is 6.08 Å². The van der Waals surface area contributed by atoms with Crippen molar-refractivity contribution < 1.29 is 9.29 Å². The minimum atomic E-state index is -0.108. The van der Waals surface area contributed by atoms with Gasteiger partial charge in [0.05, 0.1) is 6.61 Å². The van der Waals surface area contributed by atoms with Crippen LogP contribution in [0.2, 0.25) is 0 Å². The molecule has 0 aromatic rings. The Morgan fingerprint density at radius 2 is 2.33 bits per heavy atom. The topological polar surface area (TPSA) is 29.5 Å². The highest BCUT2D eigenvalue weighted by Crippen LogP contribution is 2.21. The molecule has 0 bridgehead atoms. The van der Waals surface area contributed by atoms with Gasteiger partial charge in [0.1, 0.15) is 5.44 Å². The molecule has 2 unspecified atom stereocenters. The van der Waals surface area contributed by atoms with Gasteiger partial charge in [0.25, 0.3) is 0 Å². The monoisotopic (exact) mass is 190 g/mol. The molecule has 0 aromatic heterocycles. The van der Waals surface area contributed by atoms with Crippen LogP contribution in [-0.2, 0) is 4.74 Å². The van der Waals surface area contributed by atoms with E-state index in [1.807, 2.05) is 0 Å². The molecule has 12 heavy (non-hydrogen) atoms. The molecule has 0 saturated heterocycles. The molecule has 0 aliphatic carbocycles. The third-order valence-corrected chi connectivity index (χ3v) is 2.50. The summed E-state index contributed by atoms with van der Waals surface area (Å²) in [6.45, 7) is 8.27. The quantitative estimate of drug-likeness (QED) is 0.380. The molecule has 0 saturated carbocycles. The Bertz CT molecular complexity index is 117. The van der Waals surface area contributed by atoms with Crippen molar-refractivity contribution in [2.45, 2.75) is 32.1 Å². The molecule has 72 valence electrons. The van der Waals surface area contributed by atoms with E-state index in [0.29, 0.717) is 12.5 Å². The Labute approximate surface area is 79.2 Å². The van der Waals surface area contributed by atoms with E-state index >= 15 is 0 Å². The van der Waals surface area contributed by atoms with Crippen molar-refractivity contribution in [1.29, 1.82) is 0 Å². The first-order valence-electron chi connectivity index (χ1n) is 4.29. The van der Waals surface area contributed by atoms with Gasteiger partial charge in [-0.05, 0) is 12.3 Å². The van der Waals surface area contributed by atoms with E-state index in [0.717, 1.165) is 24.9 Å². The van der Waals surface area contributed by atoms with Gasteiger partial charge >= 0.3 is 0 Å².